The van der Waals surface area contributed by atoms with Crippen molar-refractivity contribution in [2.24, 2.45) is 0 Å². The van der Waals surface area contributed by atoms with Gasteiger partial charge in [-0.25, -0.2) is 14.4 Å². The SMILES string of the molecule is CN(C(=O)c1ccccc1)C(COP(=O)(O)N[C@@H](CCC(=O)O)C(=O)O)C(=O)O. The zero-order valence-corrected chi connectivity index (χ0v) is 16.2. The van der Waals surface area contributed by atoms with Gasteiger partial charge in [0.15, 0.2) is 6.04 Å². The van der Waals surface area contributed by atoms with Crippen molar-refractivity contribution in [3.05, 3.63) is 35.9 Å². The van der Waals surface area contributed by atoms with Crippen LogP contribution in [0.4, 0.5) is 0 Å². The average Bonchev–Trinajstić information content (AvgIpc) is 2.64. The molecule has 1 amide bonds. The van der Waals surface area contributed by atoms with E-state index in [0.717, 1.165) is 4.90 Å². The monoisotopic (exact) mass is 432 g/mol. The van der Waals surface area contributed by atoms with Crippen LogP contribution >= 0.6 is 7.75 Å². The van der Waals surface area contributed by atoms with Crippen molar-refractivity contribution in [3.63, 3.8) is 0 Å². The molecule has 0 aliphatic rings. The molecule has 0 saturated carbocycles. The highest BCUT2D eigenvalue weighted by molar-refractivity contribution is 7.50. The maximum Gasteiger partial charge on any atom is 0.403 e. The van der Waals surface area contributed by atoms with E-state index < -0.39 is 63.1 Å². The van der Waals surface area contributed by atoms with Crippen molar-refractivity contribution in [3.8, 4) is 0 Å². The molecular formula is C16H21N2O10P. The first kappa shape index (κ1) is 24.2. The highest BCUT2D eigenvalue weighted by Crippen LogP contribution is 2.38. The van der Waals surface area contributed by atoms with Crippen LogP contribution in [-0.2, 0) is 23.5 Å². The van der Waals surface area contributed by atoms with Crippen LogP contribution in [0.2, 0.25) is 0 Å². The number of hydrogen-bond donors (Lipinski definition) is 5. The van der Waals surface area contributed by atoms with Gasteiger partial charge in [-0.15, -0.1) is 0 Å². The number of amides is 1. The molecule has 0 aliphatic heterocycles. The quantitative estimate of drug-likeness (QED) is 0.284. The fraction of sp³-hybridized carbons (Fsp3) is 0.375. The minimum Gasteiger partial charge on any atom is -0.481 e. The molecule has 0 bridgehead atoms. The Labute approximate surface area is 165 Å². The van der Waals surface area contributed by atoms with Crippen molar-refractivity contribution in [1.82, 2.24) is 9.99 Å². The third-order valence-electron chi connectivity index (χ3n) is 3.77. The van der Waals surface area contributed by atoms with E-state index in [2.05, 4.69) is 4.52 Å². The van der Waals surface area contributed by atoms with Gasteiger partial charge in [0.1, 0.15) is 6.04 Å². The summed E-state index contributed by atoms with van der Waals surface area (Å²) in [5.74, 6) is -5.08. The Morgan fingerprint density at radius 2 is 1.69 bits per heavy atom. The van der Waals surface area contributed by atoms with E-state index in [-0.39, 0.29) is 5.56 Å². The number of likely N-dealkylation sites (N-methyl/N-ethyl adjacent to an activating group) is 1. The Morgan fingerprint density at radius 1 is 1.10 bits per heavy atom. The van der Waals surface area contributed by atoms with Crippen LogP contribution in [-0.4, -0.2) is 74.7 Å². The number of carbonyl (C=O) groups excluding carboxylic acids is 1. The molecule has 1 rings (SSSR count). The number of aliphatic carboxylic acids is 3. The first-order valence-electron chi connectivity index (χ1n) is 8.19. The summed E-state index contributed by atoms with van der Waals surface area (Å²) < 4.78 is 16.7. The topological polar surface area (TPSA) is 191 Å². The Balaban J connectivity index is 2.82. The zero-order chi connectivity index (χ0) is 22.2. The predicted octanol–water partition coefficient (Wildman–Crippen LogP) is 0.236. The van der Waals surface area contributed by atoms with Crippen molar-refractivity contribution >= 4 is 31.6 Å². The third kappa shape index (κ3) is 8.00. The second-order valence-corrected chi connectivity index (χ2v) is 7.46. The number of carbonyl (C=O) groups is 4. The largest absolute Gasteiger partial charge is 0.481 e. The van der Waals surface area contributed by atoms with Crippen LogP contribution in [0.15, 0.2) is 30.3 Å². The number of benzene rings is 1. The molecule has 12 nitrogen and oxygen atoms in total. The van der Waals surface area contributed by atoms with Gasteiger partial charge >= 0.3 is 25.7 Å². The van der Waals surface area contributed by atoms with Gasteiger partial charge in [-0.1, -0.05) is 18.2 Å². The van der Waals surface area contributed by atoms with Gasteiger partial charge in [-0.3, -0.25) is 18.9 Å². The molecule has 2 unspecified atom stereocenters. The molecule has 5 N–H and O–H groups in total. The van der Waals surface area contributed by atoms with Crippen LogP contribution < -0.4 is 5.09 Å². The van der Waals surface area contributed by atoms with Crippen LogP contribution in [0.25, 0.3) is 0 Å². The lowest BCUT2D eigenvalue weighted by molar-refractivity contribution is -0.143. The molecule has 0 spiro atoms. The maximum atomic E-state index is 12.4. The van der Waals surface area contributed by atoms with Gasteiger partial charge in [0.05, 0.1) is 6.61 Å². The van der Waals surface area contributed by atoms with Crippen LogP contribution in [0, 0.1) is 0 Å². The molecule has 13 heteroatoms. The normalized spacial score (nSPS) is 15.0. The molecule has 1 aromatic rings. The first-order chi connectivity index (χ1) is 13.4. The van der Waals surface area contributed by atoms with Crippen molar-refractivity contribution in [2.45, 2.75) is 24.9 Å². The Morgan fingerprint density at radius 3 is 2.17 bits per heavy atom. The van der Waals surface area contributed by atoms with Gasteiger partial charge < -0.3 is 25.1 Å². The van der Waals surface area contributed by atoms with Crippen molar-refractivity contribution in [2.75, 3.05) is 13.7 Å². The summed E-state index contributed by atoms with van der Waals surface area (Å²) in [6.07, 6.45) is -1.09. The van der Waals surface area contributed by atoms with Crippen LogP contribution in [0.5, 0.6) is 0 Å². The fourth-order valence-corrected chi connectivity index (χ4v) is 3.24. The summed E-state index contributed by atoms with van der Waals surface area (Å²) in [6, 6.07) is 4.35. The smallest absolute Gasteiger partial charge is 0.403 e. The highest BCUT2D eigenvalue weighted by Gasteiger charge is 2.34. The van der Waals surface area contributed by atoms with E-state index in [9.17, 15) is 33.7 Å². The number of nitrogens with one attached hydrogen (secondary N) is 1. The number of hydrogen-bond acceptors (Lipinski definition) is 6. The van der Waals surface area contributed by atoms with Crippen LogP contribution in [0.1, 0.15) is 23.2 Å². The van der Waals surface area contributed by atoms with Gasteiger partial charge in [0.2, 0.25) is 0 Å². The summed E-state index contributed by atoms with van der Waals surface area (Å²) in [4.78, 5) is 56.1. The summed E-state index contributed by atoms with van der Waals surface area (Å²) in [7, 11) is -3.66. The van der Waals surface area contributed by atoms with E-state index in [4.69, 9.17) is 10.2 Å². The molecule has 0 radical (unpaired) electrons. The second kappa shape index (κ2) is 10.7. The molecule has 0 saturated heterocycles. The predicted molar refractivity (Wildman–Crippen MR) is 97.2 cm³/mol. The lowest BCUT2D eigenvalue weighted by atomic mass is 10.1. The molecule has 3 atom stereocenters. The van der Waals surface area contributed by atoms with Crippen LogP contribution in [0.3, 0.4) is 0 Å². The molecule has 29 heavy (non-hydrogen) atoms. The lowest BCUT2D eigenvalue weighted by Gasteiger charge is -2.26. The molecular weight excluding hydrogens is 411 g/mol. The number of carboxylic acids is 3. The summed E-state index contributed by atoms with van der Waals surface area (Å²) >= 11 is 0. The molecule has 0 aromatic heterocycles. The lowest BCUT2D eigenvalue weighted by Crippen LogP contribution is -2.45. The first-order valence-corrected chi connectivity index (χ1v) is 9.77. The highest BCUT2D eigenvalue weighted by atomic mass is 31.2. The molecule has 0 aliphatic carbocycles. The number of carboxylic acid groups (broad SMARTS) is 3. The minimum atomic E-state index is -4.82. The van der Waals surface area contributed by atoms with E-state index in [1.165, 1.54) is 19.2 Å². The molecule has 160 valence electrons. The number of rotatable bonds is 12. The van der Waals surface area contributed by atoms with E-state index in [1.54, 1.807) is 23.3 Å². The second-order valence-electron chi connectivity index (χ2n) is 5.90. The average molecular weight is 432 g/mol. The van der Waals surface area contributed by atoms with E-state index >= 15 is 0 Å². The van der Waals surface area contributed by atoms with E-state index in [0.29, 0.717) is 0 Å². The Kier molecular flexibility index (Phi) is 8.92. The molecule has 1 aromatic carbocycles. The van der Waals surface area contributed by atoms with Gasteiger partial charge in [0, 0.05) is 19.0 Å². The zero-order valence-electron chi connectivity index (χ0n) is 15.3. The molecule has 0 heterocycles. The number of nitrogens with zero attached hydrogens (tertiary/aromatic N) is 1. The van der Waals surface area contributed by atoms with Crippen molar-refractivity contribution < 1.29 is 48.5 Å². The third-order valence-corrected chi connectivity index (χ3v) is 4.90. The van der Waals surface area contributed by atoms with E-state index in [1.807, 2.05) is 0 Å². The van der Waals surface area contributed by atoms with Gasteiger partial charge in [-0.2, -0.15) is 0 Å². The Bertz CT molecular complexity index is 800. The summed E-state index contributed by atoms with van der Waals surface area (Å²) in [5, 5.41) is 28.7. The summed E-state index contributed by atoms with van der Waals surface area (Å²) in [5.41, 5.74) is 0.186. The standard InChI is InChI=1S/C16H21N2O10P/c1-18(14(21)10-5-3-2-4-6-10)12(16(24)25)9-28-29(26,27)17-11(15(22)23)7-8-13(19)20/h2-6,11-12H,7-9H2,1H3,(H,19,20)(H,22,23)(H,24,25)(H2,17,26,27)/t11-,12?/m0/s1. The van der Waals surface area contributed by atoms with Gasteiger partial charge in [-0.05, 0) is 18.6 Å². The molecule has 0 fully saturated rings. The summed E-state index contributed by atoms with van der Waals surface area (Å²) in [6.45, 7) is -0.920. The Hall–Kier alpha value is -2.79. The van der Waals surface area contributed by atoms with Gasteiger partial charge in [0.25, 0.3) is 5.91 Å². The van der Waals surface area contributed by atoms with Crippen molar-refractivity contribution in [1.29, 1.82) is 0 Å². The minimum absolute atomic E-state index is 0.186. The fourth-order valence-electron chi connectivity index (χ4n) is 2.19. The maximum absolute atomic E-state index is 12.4.